The predicted molar refractivity (Wildman–Crippen MR) is 79.1 cm³/mol. The van der Waals surface area contributed by atoms with Crippen LogP contribution in [0.2, 0.25) is 0 Å². The molecule has 0 aliphatic heterocycles. The van der Waals surface area contributed by atoms with Gasteiger partial charge in [-0.05, 0) is 14.1 Å². The molecule has 2 atom stereocenters. The van der Waals surface area contributed by atoms with Gasteiger partial charge in [0, 0.05) is 49.8 Å². The van der Waals surface area contributed by atoms with Gasteiger partial charge in [0.25, 0.3) is 0 Å². The van der Waals surface area contributed by atoms with E-state index in [1.807, 2.05) is 14.1 Å². The first kappa shape index (κ1) is 16.5. The van der Waals surface area contributed by atoms with Gasteiger partial charge < -0.3 is 21.3 Å². The number of hydrogen-bond donors (Lipinski definition) is 6. The summed E-state index contributed by atoms with van der Waals surface area (Å²) in [6, 6.07) is 0.890. The first-order chi connectivity index (χ1) is 7.78. The monoisotopic (exact) mass is 266 g/mol. The Balaban J connectivity index is 3.37. The fraction of sp³-hybridized carbons (Fsp3) is 1.00. The van der Waals surface area contributed by atoms with Crippen molar-refractivity contribution in [3.05, 3.63) is 0 Å². The highest BCUT2D eigenvalue weighted by Gasteiger charge is 2.04. The van der Waals surface area contributed by atoms with E-state index < -0.39 is 0 Å². The smallest absolute Gasteiger partial charge is 0.0280 e. The van der Waals surface area contributed by atoms with E-state index in [2.05, 4.69) is 46.5 Å². The van der Waals surface area contributed by atoms with Gasteiger partial charge in [-0.3, -0.25) is 0 Å². The second kappa shape index (κ2) is 12.0. The maximum atomic E-state index is 4.29. The summed E-state index contributed by atoms with van der Waals surface area (Å²) < 4.78 is 0. The fourth-order valence-electron chi connectivity index (χ4n) is 1.35. The molecule has 0 aromatic carbocycles. The molecule has 0 radical (unpaired) electrons. The molecule has 98 valence electrons. The van der Waals surface area contributed by atoms with Crippen molar-refractivity contribution in [3.63, 3.8) is 0 Å². The van der Waals surface area contributed by atoms with Crippen LogP contribution in [-0.2, 0) is 0 Å². The van der Waals surface area contributed by atoms with Gasteiger partial charge in [0.05, 0.1) is 0 Å². The first-order valence-electron chi connectivity index (χ1n) is 5.76. The largest absolute Gasteiger partial charge is 0.318 e. The number of likely N-dealkylation sites (N-methyl/N-ethyl adjacent to an activating group) is 2. The van der Waals surface area contributed by atoms with Crippen molar-refractivity contribution in [2.45, 2.75) is 12.1 Å². The van der Waals surface area contributed by atoms with E-state index in [1.54, 1.807) is 0 Å². The van der Waals surface area contributed by atoms with E-state index in [-0.39, 0.29) is 0 Å². The normalized spacial score (nSPS) is 15.0. The molecule has 0 heterocycles. The van der Waals surface area contributed by atoms with Crippen LogP contribution in [0.5, 0.6) is 0 Å². The fourth-order valence-corrected chi connectivity index (χ4v) is 1.92. The van der Waals surface area contributed by atoms with Crippen LogP contribution in [-0.4, -0.2) is 63.9 Å². The molecule has 0 bridgehead atoms. The molecule has 0 rings (SSSR count). The molecule has 6 heteroatoms. The zero-order chi connectivity index (χ0) is 12.2. The molecule has 0 aliphatic carbocycles. The van der Waals surface area contributed by atoms with Crippen LogP contribution in [0, 0.1) is 0 Å². The lowest BCUT2D eigenvalue weighted by atomic mass is 10.3. The third-order valence-electron chi connectivity index (χ3n) is 2.43. The molecule has 0 aromatic rings. The van der Waals surface area contributed by atoms with E-state index in [9.17, 15) is 0 Å². The lowest BCUT2D eigenvalue weighted by Crippen LogP contribution is -2.44. The van der Waals surface area contributed by atoms with Crippen molar-refractivity contribution >= 4 is 25.3 Å². The minimum Gasteiger partial charge on any atom is -0.318 e. The third-order valence-corrected chi connectivity index (χ3v) is 3.31. The second-order valence-electron chi connectivity index (χ2n) is 3.76. The van der Waals surface area contributed by atoms with Gasteiger partial charge in [0.2, 0.25) is 0 Å². The van der Waals surface area contributed by atoms with Crippen molar-refractivity contribution < 1.29 is 0 Å². The molecule has 4 N–H and O–H groups in total. The van der Waals surface area contributed by atoms with Crippen molar-refractivity contribution in [2.75, 3.05) is 51.8 Å². The molecule has 0 unspecified atom stereocenters. The highest BCUT2D eigenvalue weighted by Crippen LogP contribution is 1.86. The number of nitrogens with one attached hydrogen (secondary N) is 4. The van der Waals surface area contributed by atoms with Crippen LogP contribution in [0.15, 0.2) is 0 Å². The Labute approximate surface area is 111 Å². The van der Waals surface area contributed by atoms with E-state index >= 15 is 0 Å². The van der Waals surface area contributed by atoms with E-state index in [0.29, 0.717) is 12.1 Å². The van der Waals surface area contributed by atoms with Crippen LogP contribution in [0.3, 0.4) is 0 Å². The van der Waals surface area contributed by atoms with Gasteiger partial charge in [-0.15, -0.1) is 0 Å². The van der Waals surface area contributed by atoms with Crippen molar-refractivity contribution in [2.24, 2.45) is 0 Å². The van der Waals surface area contributed by atoms with Crippen LogP contribution >= 0.6 is 25.3 Å². The molecule has 16 heavy (non-hydrogen) atoms. The minimum absolute atomic E-state index is 0.445. The molecular formula is C10H26N4S2. The molecule has 0 aliphatic rings. The van der Waals surface area contributed by atoms with Gasteiger partial charge in [0.15, 0.2) is 0 Å². The number of rotatable bonds is 11. The molecular weight excluding hydrogens is 240 g/mol. The van der Waals surface area contributed by atoms with Crippen LogP contribution in [0.4, 0.5) is 0 Å². The number of hydrogen-bond acceptors (Lipinski definition) is 6. The first-order valence-corrected chi connectivity index (χ1v) is 7.02. The highest BCUT2D eigenvalue weighted by atomic mass is 32.1. The van der Waals surface area contributed by atoms with Gasteiger partial charge in [-0.25, -0.2) is 0 Å². The molecule has 0 aromatic heterocycles. The van der Waals surface area contributed by atoms with Crippen molar-refractivity contribution in [3.8, 4) is 0 Å². The summed E-state index contributed by atoms with van der Waals surface area (Å²) in [4.78, 5) is 0. The van der Waals surface area contributed by atoms with E-state index in [4.69, 9.17) is 0 Å². The Morgan fingerprint density at radius 3 is 2.12 bits per heavy atom. The number of thiol groups is 2. The second-order valence-corrected chi connectivity index (χ2v) is 4.49. The van der Waals surface area contributed by atoms with Crippen LogP contribution < -0.4 is 21.3 Å². The Kier molecular flexibility index (Phi) is 12.4. The van der Waals surface area contributed by atoms with Gasteiger partial charge >= 0.3 is 0 Å². The van der Waals surface area contributed by atoms with Crippen molar-refractivity contribution in [1.29, 1.82) is 0 Å². The van der Waals surface area contributed by atoms with Crippen molar-refractivity contribution in [1.82, 2.24) is 21.3 Å². The van der Waals surface area contributed by atoms with E-state index in [0.717, 1.165) is 37.7 Å². The summed E-state index contributed by atoms with van der Waals surface area (Å²) >= 11 is 8.55. The molecule has 0 amide bonds. The summed E-state index contributed by atoms with van der Waals surface area (Å²) in [6.07, 6.45) is 0. The maximum Gasteiger partial charge on any atom is 0.0280 e. The Bertz CT molecular complexity index is 145. The highest BCUT2D eigenvalue weighted by molar-refractivity contribution is 7.80. The predicted octanol–water partition coefficient (Wildman–Crippen LogP) is -0.799. The SMILES string of the molecule is CNC[C@H](CS)NCCNC[C@H](CS)NC. The molecule has 0 spiro atoms. The Morgan fingerprint density at radius 1 is 0.938 bits per heavy atom. The summed E-state index contributed by atoms with van der Waals surface area (Å²) in [6.45, 7) is 3.86. The van der Waals surface area contributed by atoms with Crippen LogP contribution in [0.1, 0.15) is 0 Å². The maximum absolute atomic E-state index is 4.29. The molecule has 0 saturated heterocycles. The minimum atomic E-state index is 0.445. The Hall–Kier alpha value is 0.540. The van der Waals surface area contributed by atoms with Gasteiger partial charge in [-0.2, -0.15) is 25.3 Å². The van der Waals surface area contributed by atoms with E-state index in [1.165, 1.54) is 0 Å². The molecule has 0 fully saturated rings. The average molecular weight is 266 g/mol. The molecule has 4 nitrogen and oxygen atoms in total. The lowest BCUT2D eigenvalue weighted by Gasteiger charge is -2.17. The van der Waals surface area contributed by atoms with Crippen LogP contribution in [0.25, 0.3) is 0 Å². The summed E-state index contributed by atoms with van der Waals surface area (Å²) in [5.74, 6) is 1.71. The zero-order valence-corrected chi connectivity index (χ0v) is 12.1. The zero-order valence-electron chi connectivity index (χ0n) is 10.3. The Morgan fingerprint density at radius 2 is 1.62 bits per heavy atom. The standard InChI is InChI=1S/C10H26N4S2/c1-11-5-10(8-16)14-4-3-13-6-9(7-15)12-2/h9-16H,3-8H2,1-2H3/t9-,10-/m1/s1. The quantitative estimate of drug-likeness (QED) is 0.219. The summed E-state index contributed by atoms with van der Waals surface area (Å²) in [5.41, 5.74) is 0. The molecule has 0 saturated carbocycles. The topological polar surface area (TPSA) is 48.1 Å². The lowest BCUT2D eigenvalue weighted by molar-refractivity contribution is 0.496. The third kappa shape index (κ3) is 8.66. The average Bonchev–Trinajstić information content (AvgIpc) is 2.32. The van der Waals surface area contributed by atoms with Gasteiger partial charge in [0.1, 0.15) is 0 Å². The summed E-state index contributed by atoms with van der Waals surface area (Å²) in [7, 11) is 3.92. The summed E-state index contributed by atoms with van der Waals surface area (Å²) in [5, 5.41) is 13.2. The van der Waals surface area contributed by atoms with Gasteiger partial charge in [-0.1, -0.05) is 0 Å².